The maximum absolute atomic E-state index is 11.6. The van der Waals surface area contributed by atoms with Crippen molar-refractivity contribution in [1.29, 1.82) is 0 Å². The SMILES string of the molecule is NC(=O)C#Cc1ccc(C(=O)CCC(=O)O)cc1. The molecule has 0 aliphatic rings. The number of benzene rings is 1. The molecule has 1 aromatic rings. The number of ketones is 1. The van der Waals surface area contributed by atoms with E-state index in [0.717, 1.165) is 0 Å². The van der Waals surface area contributed by atoms with Gasteiger partial charge in [0, 0.05) is 17.5 Å². The number of hydrogen-bond donors (Lipinski definition) is 2. The Hall–Kier alpha value is -2.61. The third kappa shape index (κ3) is 4.49. The Morgan fingerprint density at radius 2 is 1.72 bits per heavy atom. The first-order valence-electron chi connectivity index (χ1n) is 5.15. The average Bonchev–Trinajstić information content (AvgIpc) is 2.34. The van der Waals surface area contributed by atoms with Crippen molar-refractivity contribution in [2.45, 2.75) is 12.8 Å². The van der Waals surface area contributed by atoms with Crippen molar-refractivity contribution in [2.75, 3.05) is 0 Å². The zero-order valence-electron chi connectivity index (χ0n) is 9.47. The molecule has 0 aromatic heterocycles. The highest BCUT2D eigenvalue weighted by Gasteiger charge is 2.07. The highest BCUT2D eigenvalue weighted by molar-refractivity contribution is 5.97. The van der Waals surface area contributed by atoms with Crippen LogP contribution < -0.4 is 5.73 Å². The molecule has 18 heavy (non-hydrogen) atoms. The monoisotopic (exact) mass is 245 g/mol. The molecule has 1 rings (SSSR count). The fraction of sp³-hybridized carbons (Fsp3) is 0.154. The van der Waals surface area contributed by atoms with Crippen molar-refractivity contribution in [3.8, 4) is 11.8 Å². The number of nitrogens with two attached hydrogens (primary N) is 1. The van der Waals surface area contributed by atoms with Gasteiger partial charge in [0.15, 0.2) is 5.78 Å². The van der Waals surface area contributed by atoms with Gasteiger partial charge in [-0.1, -0.05) is 18.1 Å². The van der Waals surface area contributed by atoms with Crippen molar-refractivity contribution < 1.29 is 19.5 Å². The Morgan fingerprint density at radius 1 is 1.11 bits per heavy atom. The number of carboxylic acids is 1. The van der Waals surface area contributed by atoms with Crippen molar-refractivity contribution >= 4 is 17.7 Å². The number of carbonyl (C=O) groups is 3. The summed E-state index contributed by atoms with van der Waals surface area (Å²) in [6.07, 6.45) is -0.232. The van der Waals surface area contributed by atoms with E-state index in [0.29, 0.717) is 11.1 Å². The molecule has 0 atom stereocenters. The minimum atomic E-state index is -1.01. The van der Waals surface area contributed by atoms with Crippen LogP contribution in [0.3, 0.4) is 0 Å². The summed E-state index contributed by atoms with van der Waals surface area (Å²) >= 11 is 0. The lowest BCUT2D eigenvalue weighted by atomic mass is 10.0. The van der Waals surface area contributed by atoms with Gasteiger partial charge < -0.3 is 10.8 Å². The highest BCUT2D eigenvalue weighted by atomic mass is 16.4. The number of carboxylic acid groups (broad SMARTS) is 1. The number of Topliss-reactive ketones (excluding diaryl/α,β-unsaturated/α-hetero) is 1. The van der Waals surface area contributed by atoms with Gasteiger partial charge in [-0.15, -0.1) is 0 Å². The summed E-state index contributed by atoms with van der Waals surface area (Å²) in [5.74, 6) is 2.73. The predicted octanol–water partition coefficient (Wildman–Crippen LogP) is 0.571. The van der Waals surface area contributed by atoms with E-state index >= 15 is 0 Å². The smallest absolute Gasteiger partial charge is 0.303 e. The molecule has 0 unspecified atom stereocenters. The third-order valence-electron chi connectivity index (χ3n) is 2.10. The summed E-state index contributed by atoms with van der Waals surface area (Å²) in [4.78, 5) is 32.3. The molecule has 0 saturated heterocycles. The van der Waals surface area contributed by atoms with Crippen LogP contribution in [0.15, 0.2) is 24.3 Å². The number of amides is 1. The molecule has 0 aliphatic carbocycles. The maximum Gasteiger partial charge on any atom is 0.303 e. The topological polar surface area (TPSA) is 97.5 Å². The van der Waals surface area contributed by atoms with E-state index in [4.69, 9.17) is 10.8 Å². The van der Waals surface area contributed by atoms with Crippen LogP contribution in [-0.4, -0.2) is 22.8 Å². The quantitative estimate of drug-likeness (QED) is 0.598. The first kappa shape index (κ1) is 13.5. The van der Waals surface area contributed by atoms with Crippen molar-refractivity contribution in [3.63, 3.8) is 0 Å². The predicted molar refractivity (Wildman–Crippen MR) is 63.7 cm³/mol. The van der Waals surface area contributed by atoms with Gasteiger partial charge in [0.2, 0.25) is 0 Å². The van der Waals surface area contributed by atoms with Gasteiger partial charge in [-0.2, -0.15) is 0 Å². The van der Waals surface area contributed by atoms with Gasteiger partial charge in [0.1, 0.15) is 0 Å². The summed E-state index contributed by atoms with van der Waals surface area (Å²) in [6.45, 7) is 0. The van der Waals surface area contributed by atoms with Gasteiger partial charge in [-0.3, -0.25) is 14.4 Å². The standard InChI is InChI=1S/C13H11NO4/c14-12(16)7-3-9-1-4-10(5-2-9)11(15)6-8-13(17)18/h1-2,4-5H,6,8H2,(H2,14,16)(H,17,18). The maximum atomic E-state index is 11.6. The molecule has 0 spiro atoms. The summed E-state index contributed by atoms with van der Waals surface area (Å²) in [5.41, 5.74) is 5.84. The van der Waals surface area contributed by atoms with Crippen LogP contribution in [-0.2, 0) is 9.59 Å². The fourth-order valence-corrected chi connectivity index (χ4v) is 1.24. The minimum Gasteiger partial charge on any atom is -0.481 e. The molecule has 1 amide bonds. The second-order valence-electron chi connectivity index (χ2n) is 3.51. The van der Waals surface area contributed by atoms with E-state index in [1.807, 2.05) is 0 Å². The molecule has 0 aliphatic heterocycles. The second-order valence-corrected chi connectivity index (χ2v) is 3.51. The van der Waals surface area contributed by atoms with Crippen LogP contribution in [0.25, 0.3) is 0 Å². The fourth-order valence-electron chi connectivity index (χ4n) is 1.24. The molecule has 3 N–H and O–H groups in total. The third-order valence-corrected chi connectivity index (χ3v) is 2.10. The minimum absolute atomic E-state index is 0.0400. The van der Waals surface area contributed by atoms with E-state index in [9.17, 15) is 14.4 Å². The largest absolute Gasteiger partial charge is 0.481 e. The lowest BCUT2D eigenvalue weighted by Crippen LogP contribution is -2.06. The number of primary amides is 1. The molecule has 0 fully saturated rings. The lowest BCUT2D eigenvalue weighted by Gasteiger charge is -1.99. The van der Waals surface area contributed by atoms with E-state index < -0.39 is 11.9 Å². The summed E-state index contributed by atoms with van der Waals surface area (Å²) in [5, 5.41) is 8.46. The second kappa shape index (κ2) is 6.21. The molecule has 0 radical (unpaired) electrons. The molecule has 0 saturated carbocycles. The molecular formula is C13H11NO4. The van der Waals surface area contributed by atoms with Crippen LogP contribution in [0, 0.1) is 11.8 Å². The Labute approximate surface area is 104 Å². The zero-order chi connectivity index (χ0) is 13.5. The number of hydrogen-bond acceptors (Lipinski definition) is 3. The average molecular weight is 245 g/mol. The molecule has 5 heteroatoms. The van der Waals surface area contributed by atoms with Crippen LogP contribution in [0.4, 0.5) is 0 Å². The van der Waals surface area contributed by atoms with Gasteiger partial charge in [-0.25, -0.2) is 0 Å². The molecule has 5 nitrogen and oxygen atoms in total. The molecule has 0 heterocycles. The van der Waals surface area contributed by atoms with Crippen molar-refractivity contribution in [2.24, 2.45) is 5.73 Å². The Balaban J connectivity index is 2.71. The molecular weight excluding hydrogens is 234 g/mol. The van der Waals surface area contributed by atoms with E-state index in [1.165, 1.54) is 12.1 Å². The molecule has 92 valence electrons. The van der Waals surface area contributed by atoms with Crippen molar-refractivity contribution in [3.05, 3.63) is 35.4 Å². The normalized spacial score (nSPS) is 9.11. The van der Waals surface area contributed by atoms with Crippen molar-refractivity contribution in [1.82, 2.24) is 0 Å². The molecule has 0 bridgehead atoms. The van der Waals surface area contributed by atoms with Gasteiger partial charge >= 0.3 is 5.97 Å². The van der Waals surface area contributed by atoms with E-state index in [-0.39, 0.29) is 18.6 Å². The highest BCUT2D eigenvalue weighted by Crippen LogP contribution is 2.07. The van der Waals surface area contributed by atoms with Crippen LogP contribution in [0.2, 0.25) is 0 Å². The Kier molecular flexibility index (Phi) is 4.64. The number of rotatable bonds is 4. The summed E-state index contributed by atoms with van der Waals surface area (Å²) in [7, 11) is 0. The van der Waals surface area contributed by atoms with E-state index in [1.54, 1.807) is 12.1 Å². The lowest BCUT2D eigenvalue weighted by molar-refractivity contribution is -0.137. The first-order valence-corrected chi connectivity index (χ1v) is 5.15. The van der Waals surface area contributed by atoms with E-state index in [2.05, 4.69) is 11.8 Å². The Morgan fingerprint density at radius 3 is 2.22 bits per heavy atom. The number of carbonyl (C=O) groups excluding carboxylic acids is 2. The molecule has 1 aromatic carbocycles. The van der Waals surface area contributed by atoms with Crippen LogP contribution in [0.5, 0.6) is 0 Å². The summed E-state index contributed by atoms with van der Waals surface area (Å²) in [6, 6.07) is 6.22. The summed E-state index contributed by atoms with van der Waals surface area (Å²) < 4.78 is 0. The van der Waals surface area contributed by atoms with Gasteiger partial charge in [0.05, 0.1) is 6.42 Å². The zero-order valence-corrected chi connectivity index (χ0v) is 9.47. The van der Waals surface area contributed by atoms with Gasteiger partial charge in [-0.05, 0) is 18.1 Å². The number of aliphatic carboxylic acids is 1. The Bertz CT molecular complexity index is 534. The van der Waals surface area contributed by atoms with Crippen LogP contribution >= 0.6 is 0 Å². The van der Waals surface area contributed by atoms with Crippen LogP contribution in [0.1, 0.15) is 28.8 Å². The van der Waals surface area contributed by atoms with Gasteiger partial charge in [0.25, 0.3) is 5.91 Å². The first-order chi connectivity index (χ1) is 8.49.